The molecule has 3 rings (SSSR count). The zero-order chi connectivity index (χ0) is 18.0. The van der Waals surface area contributed by atoms with Crippen molar-refractivity contribution in [2.24, 2.45) is 0 Å². The normalized spacial score (nSPS) is 12.2. The Bertz CT molecular complexity index is 881. The van der Waals surface area contributed by atoms with Crippen molar-refractivity contribution in [2.45, 2.75) is 33.2 Å². The number of carbonyl (C=O) groups is 1. The van der Waals surface area contributed by atoms with E-state index in [9.17, 15) is 4.79 Å². The zero-order valence-electron chi connectivity index (χ0n) is 14.9. The van der Waals surface area contributed by atoms with Gasteiger partial charge >= 0.3 is 0 Å². The number of amides is 1. The molecule has 130 valence electrons. The number of furan rings is 1. The Labute approximate surface area is 146 Å². The van der Waals surface area contributed by atoms with Gasteiger partial charge in [-0.3, -0.25) is 14.9 Å². The van der Waals surface area contributed by atoms with Gasteiger partial charge in [0.2, 0.25) is 0 Å². The quantitative estimate of drug-likeness (QED) is 0.774. The largest absolute Gasteiger partial charge is 0.460 e. The second kappa shape index (κ2) is 6.93. The maximum absolute atomic E-state index is 12.7. The highest BCUT2D eigenvalue weighted by Gasteiger charge is 2.22. The van der Waals surface area contributed by atoms with Crippen LogP contribution in [-0.4, -0.2) is 39.1 Å². The summed E-state index contributed by atoms with van der Waals surface area (Å²) in [6.07, 6.45) is 2.48. The molecule has 0 saturated heterocycles. The van der Waals surface area contributed by atoms with E-state index in [-0.39, 0.29) is 11.9 Å². The average molecular weight is 338 g/mol. The van der Waals surface area contributed by atoms with Crippen LogP contribution in [0, 0.1) is 13.8 Å². The molecule has 3 aromatic heterocycles. The van der Waals surface area contributed by atoms with E-state index in [4.69, 9.17) is 4.42 Å². The molecule has 0 spiro atoms. The number of carbonyl (C=O) groups excluding carboxylic acids is 1. The van der Waals surface area contributed by atoms with E-state index in [0.29, 0.717) is 23.6 Å². The smallest absolute Gasteiger partial charge is 0.274 e. The van der Waals surface area contributed by atoms with Crippen molar-refractivity contribution in [3.05, 3.63) is 59.2 Å². The van der Waals surface area contributed by atoms with Gasteiger partial charge in [-0.1, -0.05) is 6.07 Å². The minimum atomic E-state index is -0.133. The number of aromatic amines is 1. The van der Waals surface area contributed by atoms with Gasteiger partial charge in [0.25, 0.3) is 5.91 Å². The van der Waals surface area contributed by atoms with Crippen LogP contribution in [0.5, 0.6) is 0 Å². The molecule has 0 fully saturated rings. The summed E-state index contributed by atoms with van der Waals surface area (Å²) in [7, 11) is 1.79. The molecule has 25 heavy (non-hydrogen) atoms. The Hall–Kier alpha value is -2.89. The molecule has 3 heterocycles. The molecule has 0 saturated carbocycles. The highest BCUT2D eigenvalue weighted by Crippen LogP contribution is 2.21. The van der Waals surface area contributed by atoms with Crippen LogP contribution < -0.4 is 0 Å². The van der Waals surface area contributed by atoms with Crippen LogP contribution >= 0.6 is 0 Å². The number of rotatable bonds is 5. The monoisotopic (exact) mass is 338 g/mol. The van der Waals surface area contributed by atoms with Crippen LogP contribution in [0.2, 0.25) is 0 Å². The highest BCUT2D eigenvalue weighted by atomic mass is 16.3. The lowest BCUT2D eigenvalue weighted by Crippen LogP contribution is -2.37. The summed E-state index contributed by atoms with van der Waals surface area (Å²) in [5, 5.41) is 7.00. The third-order valence-electron chi connectivity index (χ3n) is 4.39. The molecule has 0 aliphatic rings. The molecule has 6 heteroatoms. The fourth-order valence-electron chi connectivity index (χ4n) is 2.67. The van der Waals surface area contributed by atoms with Crippen molar-refractivity contribution in [3.63, 3.8) is 0 Å². The molecule has 0 aliphatic carbocycles. The summed E-state index contributed by atoms with van der Waals surface area (Å²) in [6, 6.07) is 9.40. The van der Waals surface area contributed by atoms with E-state index < -0.39 is 0 Å². The standard InChI is InChI=1S/C19H22N4O2/c1-12-6-5-9-20-15(12)10-13(2)23(4)19(24)17-11-16(21-22-17)18-8-7-14(3)25-18/h5-9,11,13H,10H2,1-4H3,(H,21,22)/t13-/m1/s1. The van der Waals surface area contributed by atoms with E-state index in [1.165, 1.54) is 0 Å². The van der Waals surface area contributed by atoms with Crippen molar-refractivity contribution < 1.29 is 9.21 Å². The van der Waals surface area contributed by atoms with Gasteiger partial charge in [-0.25, -0.2) is 0 Å². The molecule has 1 N–H and O–H groups in total. The predicted octanol–water partition coefficient (Wildman–Crippen LogP) is 3.38. The van der Waals surface area contributed by atoms with Crippen LogP contribution in [0.4, 0.5) is 0 Å². The van der Waals surface area contributed by atoms with E-state index in [2.05, 4.69) is 15.2 Å². The molecule has 1 atom stereocenters. The SMILES string of the molecule is Cc1ccc(-c2cc(C(=O)N(C)[C@H](C)Cc3ncccc3C)n[nH]2)o1. The van der Waals surface area contributed by atoms with Crippen LogP contribution in [0.1, 0.15) is 34.4 Å². The first kappa shape index (κ1) is 17.0. The van der Waals surface area contributed by atoms with Gasteiger partial charge in [-0.05, 0) is 44.5 Å². The average Bonchev–Trinajstić information content (AvgIpc) is 3.24. The van der Waals surface area contributed by atoms with Gasteiger partial charge in [-0.2, -0.15) is 5.10 Å². The van der Waals surface area contributed by atoms with Crippen molar-refractivity contribution in [1.29, 1.82) is 0 Å². The van der Waals surface area contributed by atoms with Gasteiger partial charge in [0.1, 0.15) is 11.5 Å². The molecule has 0 aliphatic heterocycles. The topological polar surface area (TPSA) is 75.0 Å². The van der Waals surface area contributed by atoms with E-state index >= 15 is 0 Å². The van der Waals surface area contributed by atoms with E-state index in [0.717, 1.165) is 17.0 Å². The molecular formula is C19H22N4O2. The lowest BCUT2D eigenvalue weighted by molar-refractivity contribution is 0.0737. The Morgan fingerprint density at radius 3 is 2.80 bits per heavy atom. The summed E-state index contributed by atoms with van der Waals surface area (Å²) >= 11 is 0. The molecule has 1 amide bonds. The van der Waals surface area contributed by atoms with E-state index in [1.54, 1.807) is 24.2 Å². The molecule has 0 radical (unpaired) electrons. The fourth-order valence-corrected chi connectivity index (χ4v) is 2.67. The molecule has 0 unspecified atom stereocenters. The number of hydrogen-bond donors (Lipinski definition) is 1. The summed E-state index contributed by atoms with van der Waals surface area (Å²) in [5.74, 6) is 1.35. The van der Waals surface area contributed by atoms with Gasteiger partial charge in [0.15, 0.2) is 11.5 Å². The van der Waals surface area contributed by atoms with Gasteiger partial charge in [0, 0.05) is 37.5 Å². The van der Waals surface area contributed by atoms with Crippen molar-refractivity contribution in [3.8, 4) is 11.5 Å². The number of aromatic nitrogens is 3. The highest BCUT2D eigenvalue weighted by molar-refractivity contribution is 5.93. The minimum Gasteiger partial charge on any atom is -0.460 e. The van der Waals surface area contributed by atoms with Gasteiger partial charge in [-0.15, -0.1) is 0 Å². The van der Waals surface area contributed by atoms with Crippen LogP contribution in [0.3, 0.4) is 0 Å². The third-order valence-corrected chi connectivity index (χ3v) is 4.39. The van der Waals surface area contributed by atoms with E-state index in [1.807, 2.05) is 45.0 Å². The van der Waals surface area contributed by atoms with Gasteiger partial charge < -0.3 is 9.32 Å². The Morgan fingerprint density at radius 1 is 1.32 bits per heavy atom. The third kappa shape index (κ3) is 3.63. The van der Waals surface area contributed by atoms with Crippen LogP contribution in [-0.2, 0) is 6.42 Å². The number of aryl methyl sites for hydroxylation is 2. The van der Waals surface area contributed by atoms with Crippen molar-refractivity contribution in [2.75, 3.05) is 7.05 Å². The maximum Gasteiger partial charge on any atom is 0.274 e. The summed E-state index contributed by atoms with van der Waals surface area (Å²) in [6.45, 7) is 5.92. The van der Waals surface area contributed by atoms with Gasteiger partial charge in [0.05, 0.1) is 0 Å². The summed E-state index contributed by atoms with van der Waals surface area (Å²) < 4.78 is 5.56. The summed E-state index contributed by atoms with van der Waals surface area (Å²) in [5.41, 5.74) is 3.20. The second-order valence-electron chi connectivity index (χ2n) is 6.31. The second-order valence-corrected chi connectivity index (χ2v) is 6.31. The number of nitrogens with one attached hydrogen (secondary N) is 1. The minimum absolute atomic E-state index is 0.00658. The number of likely N-dealkylation sites (N-methyl/N-ethyl adjacent to an activating group) is 1. The molecular weight excluding hydrogens is 316 g/mol. The maximum atomic E-state index is 12.7. The van der Waals surface area contributed by atoms with Crippen molar-refractivity contribution >= 4 is 5.91 Å². The van der Waals surface area contributed by atoms with Crippen LogP contribution in [0.15, 0.2) is 40.9 Å². The van der Waals surface area contributed by atoms with Crippen LogP contribution in [0.25, 0.3) is 11.5 Å². The molecule has 6 nitrogen and oxygen atoms in total. The molecule has 0 aromatic carbocycles. The number of nitrogens with zero attached hydrogens (tertiary/aromatic N) is 3. The van der Waals surface area contributed by atoms with Crippen molar-refractivity contribution in [1.82, 2.24) is 20.1 Å². The lowest BCUT2D eigenvalue weighted by Gasteiger charge is -2.24. The lowest BCUT2D eigenvalue weighted by atomic mass is 10.1. The number of H-pyrrole nitrogens is 1. The Morgan fingerprint density at radius 2 is 2.12 bits per heavy atom. The molecule has 3 aromatic rings. The number of hydrogen-bond acceptors (Lipinski definition) is 4. The first-order chi connectivity index (χ1) is 12.0. The zero-order valence-corrected chi connectivity index (χ0v) is 14.9. The first-order valence-electron chi connectivity index (χ1n) is 8.25. The molecule has 0 bridgehead atoms. The predicted molar refractivity (Wildman–Crippen MR) is 95.3 cm³/mol. The Kier molecular flexibility index (Phi) is 4.70. The number of pyridine rings is 1. The summed E-state index contributed by atoms with van der Waals surface area (Å²) in [4.78, 5) is 18.8. The fraction of sp³-hybridized carbons (Fsp3) is 0.316. The first-order valence-corrected chi connectivity index (χ1v) is 8.25. The Balaban J connectivity index is 1.72.